The van der Waals surface area contributed by atoms with Gasteiger partial charge in [-0.1, -0.05) is 6.07 Å². The molecule has 2 rings (SSSR count). The van der Waals surface area contributed by atoms with Crippen LogP contribution in [0.1, 0.15) is 0 Å². The van der Waals surface area contributed by atoms with Gasteiger partial charge in [-0.2, -0.15) is 0 Å². The predicted octanol–water partition coefficient (Wildman–Crippen LogP) is 1.27. The second-order valence-corrected chi connectivity index (χ2v) is 3.03. The molecule has 0 aliphatic rings. The minimum atomic E-state index is -0.0984. The maximum atomic E-state index is 11.9. The summed E-state index contributed by atoms with van der Waals surface area (Å²) in [4.78, 5) is 16.0. The van der Waals surface area contributed by atoms with Crippen LogP contribution >= 0.6 is 0 Å². The third-order valence-corrected chi connectivity index (χ3v) is 2.11. The minimum Gasteiger partial charge on any atom is -0.384 e. The molecular formula is C11H11N3O. The lowest BCUT2D eigenvalue weighted by Gasteiger charge is -2.05. The Morgan fingerprint density at radius 3 is 2.80 bits per heavy atom. The predicted molar refractivity (Wildman–Crippen MR) is 59.4 cm³/mol. The van der Waals surface area contributed by atoms with E-state index >= 15 is 0 Å². The zero-order valence-electron chi connectivity index (χ0n) is 8.34. The Labute approximate surface area is 87.2 Å². The molecule has 0 unspecified atom stereocenters. The van der Waals surface area contributed by atoms with Crippen LogP contribution in [0.2, 0.25) is 0 Å². The van der Waals surface area contributed by atoms with E-state index in [1.807, 2.05) is 18.2 Å². The lowest BCUT2D eigenvalue weighted by molar-refractivity contribution is 0.942. The van der Waals surface area contributed by atoms with Gasteiger partial charge in [0.1, 0.15) is 11.5 Å². The van der Waals surface area contributed by atoms with Gasteiger partial charge in [-0.05, 0) is 24.3 Å². The monoisotopic (exact) mass is 201 g/mol. The summed E-state index contributed by atoms with van der Waals surface area (Å²) in [6, 6.07) is 9.00. The van der Waals surface area contributed by atoms with E-state index in [0.717, 1.165) is 0 Å². The van der Waals surface area contributed by atoms with Crippen LogP contribution in [0.15, 0.2) is 47.5 Å². The molecule has 0 radical (unpaired) electrons. The van der Waals surface area contributed by atoms with Gasteiger partial charge >= 0.3 is 0 Å². The van der Waals surface area contributed by atoms with E-state index in [4.69, 9.17) is 0 Å². The SMILES string of the molecule is CNc1cccn(-c2ccccn2)c1=O. The Balaban J connectivity index is 2.60. The quantitative estimate of drug-likeness (QED) is 0.796. The molecule has 4 nitrogen and oxygen atoms in total. The number of nitrogens with one attached hydrogen (secondary N) is 1. The molecular weight excluding hydrogens is 190 g/mol. The molecule has 0 aliphatic heterocycles. The van der Waals surface area contributed by atoms with Crippen LogP contribution in [-0.4, -0.2) is 16.6 Å². The molecule has 0 saturated heterocycles. The molecule has 15 heavy (non-hydrogen) atoms. The van der Waals surface area contributed by atoms with Gasteiger partial charge in [0, 0.05) is 19.4 Å². The topological polar surface area (TPSA) is 46.9 Å². The molecule has 0 spiro atoms. The Morgan fingerprint density at radius 2 is 2.13 bits per heavy atom. The number of hydrogen-bond donors (Lipinski definition) is 1. The van der Waals surface area contributed by atoms with Gasteiger partial charge in [0.2, 0.25) is 0 Å². The Morgan fingerprint density at radius 1 is 1.27 bits per heavy atom. The van der Waals surface area contributed by atoms with Crippen molar-refractivity contribution in [1.82, 2.24) is 9.55 Å². The van der Waals surface area contributed by atoms with E-state index in [2.05, 4.69) is 10.3 Å². The Bertz CT molecular complexity index is 505. The molecule has 76 valence electrons. The highest BCUT2D eigenvalue weighted by Gasteiger charge is 2.02. The third-order valence-electron chi connectivity index (χ3n) is 2.11. The van der Waals surface area contributed by atoms with Crippen molar-refractivity contribution < 1.29 is 0 Å². The molecule has 0 atom stereocenters. The van der Waals surface area contributed by atoms with Gasteiger partial charge < -0.3 is 5.32 Å². The molecule has 0 aromatic carbocycles. The number of nitrogens with zero attached hydrogens (tertiary/aromatic N) is 2. The second-order valence-electron chi connectivity index (χ2n) is 3.03. The van der Waals surface area contributed by atoms with Gasteiger partial charge in [-0.15, -0.1) is 0 Å². The van der Waals surface area contributed by atoms with Gasteiger partial charge in [0.15, 0.2) is 0 Å². The van der Waals surface area contributed by atoms with E-state index in [9.17, 15) is 4.79 Å². The van der Waals surface area contributed by atoms with E-state index in [0.29, 0.717) is 11.5 Å². The van der Waals surface area contributed by atoms with Crippen LogP contribution in [0.4, 0.5) is 5.69 Å². The van der Waals surface area contributed by atoms with E-state index in [-0.39, 0.29) is 5.56 Å². The van der Waals surface area contributed by atoms with Crippen molar-refractivity contribution in [1.29, 1.82) is 0 Å². The molecule has 0 bridgehead atoms. The van der Waals surface area contributed by atoms with Crippen molar-refractivity contribution in [2.45, 2.75) is 0 Å². The number of anilines is 1. The molecule has 4 heteroatoms. The smallest absolute Gasteiger partial charge is 0.279 e. The third kappa shape index (κ3) is 1.74. The van der Waals surface area contributed by atoms with Crippen LogP contribution in [-0.2, 0) is 0 Å². The van der Waals surface area contributed by atoms with Crippen molar-refractivity contribution in [3.8, 4) is 5.82 Å². The lowest BCUT2D eigenvalue weighted by atomic mass is 10.4. The summed E-state index contributed by atoms with van der Waals surface area (Å²) >= 11 is 0. The summed E-state index contributed by atoms with van der Waals surface area (Å²) in [7, 11) is 1.72. The summed E-state index contributed by atoms with van der Waals surface area (Å²) in [6.07, 6.45) is 3.36. The Kier molecular flexibility index (Phi) is 2.49. The summed E-state index contributed by atoms with van der Waals surface area (Å²) in [6.45, 7) is 0. The molecule has 0 amide bonds. The maximum absolute atomic E-state index is 11.9. The maximum Gasteiger partial charge on any atom is 0.279 e. The fourth-order valence-corrected chi connectivity index (χ4v) is 1.36. The average Bonchev–Trinajstić information content (AvgIpc) is 2.30. The van der Waals surface area contributed by atoms with Gasteiger partial charge in [0.25, 0.3) is 5.56 Å². The zero-order chi connectivity index (χ0) is 10.7. The molecule has 2 aromatic rings. The van der Waals surface area contributed by atoms with Crippen molar-refractivity contribution in [2.24, 2.45) is 0 Å². The standard InChI is InChI=1S/C11H11N3O/c1-12-9-5-4-8-14(11(9)15)10-6-2-3-7-13-10/h2-8,12H,1H3. The van der Waals surface area contributed by atoms with Gasteiger partial charge in [-0.3, -0.25) is 9.36 Å². The zero-order valence-corrected chi connectivity index (χ0v) is 8.34. The van der Waals surface area contributed by atoms with E-state index in [1.54, 1.807) is 31.6 Å². The number of hydrogen-bond acceptors (Lipinski definition) is 3. The van der Waals surface area contributed by atoms with Crippen LogP contribution in [0, 0.1) is 0 Å². The van der Waals surface area contributed by atoms with Crippen molar-refractivity contribution in [3.63, 3.8) is 0 Å². The average molecular weight is 201 g/mol. The molecule has 0 fully saturated rings. The lowest BCUT2D eigenvalue weighted by Crippen LogP contribution is -2.20. The van der Waals surface area contributed by atoms with Crippen molar-refractivity contribution in [2.75, 3.05) is 12.4 Å². The minimum absolute atomic E-state index is 0.0984. The first-order valence-electron chi connectivity index (χ1n) is 4.64. The Hall–Kier alpha value is -2.10. The number of pyridine rings is 2. The molecule has 2 aromatic heterocycles. The largest absolute Gasteiger partial charge is 0.384 e. The van der Waals surface area contributed by atoms with Crippen LogP contribution in [0.25, 0.3) is 5.82 Å². The van der Waals surface area contributed by atoms with Crippen LogP contribution in [0.3, 0.4) is 0 Å². The molecule has 0 saturated carbocycles. The van der Waals surface area contributed by atoms with Crippen molar-refractivity contribution >= 4 is 5.69 Å². The molecule has 0 aliphatic carbocycles. The highest BCUT2D eigenvalue weighted by molar-refractivity contribution is 5.41. The summed E-state index contributed by atoms with van der Waals surface area (Å²) < 4.78 is 1.51. The molecule has 1 N–H and O–H groups in total. The number of aromatic nitrogens is 2. The van der Waals surface area contributed by atoms with E-state index < -0.39 is 0 Å². The first-order chi connectivity index (χ1) is 7.33. The van der Waals surface area contributed by atoms with Crippen molar-refractivity contribution in [3.05, 3.63) is 53.1 Å². The van der Waals surface area contributed by atoms with E-state index in [1.165, 1.54) is 4.57 Å². The highest BCUT2D eigenvalue weighted by atomic mass is 16.1. The van der Waals surface area contributed by atoms with Crippen LogP contribution < -0.4 is 10.9 Å². The summed E-state index contributed by atoms with van der Waals surface area (Å²) in [5.74, 6) is 0.625. The van der Waals surface area contributed by atoms with Crippen LogP contribution in [0.5, 0.6) is 0 Å². The fourth-order valence-electron chi connectivity index (χ4n) is 1.36. The first-order valence-corrected chi connectivity index (χ1v) is 4.64. The summed E-state index contributed by atoms with van der Waals surface area (Å²) in [5, 5.41) is 2.84. The highest BCUT2D eigenvalue weighted by Crippen LogP contribution is 2.02. The first kappa shape index (κ1) is 9.45. The molecule has 2 heterocycles. The van der Waals surface area contributed by atoms with Gasteiger partial charge in [0.05, 0.1) is 0 Å². The summed E-state index contributed by atoms with van der Waals surface area (Å²) in [5.41, 5.74) is 0.460. The van der Waals surface area contributed by atoms with Gasteiger partial charge in [-0.25, -0.2) is 4.98 Å². The number of rotatable bonds is 2. The second kappa shape index (κ2) is 3.96. The normalized spacial score (nSPS) is 9.93. The fraction of sp³-hybridized carbons (Fsp3) is 0.0909.